The fourth-order valence-electron chi connectivity index (χ4n) is 3.21. The fourth-order valence-corrected chi connectivity index (χ4v) is 4.23. The summed E-state index contributed by atoms with van der Waals surface area (Å²) in [5.41, 5.74) is 2.21. The molecule has 0 saturated heterocycles. The van der Waals surface area contributed by atoms with E-state index in [2.05, 4.69) is 17.4 Å². The number of carbonyl (C=O) groups excluding carboxylic acids is 2. The molecular weight excluding hydrogens is 428 g/mol. The van der Waals surface area contributed by atoms with Crippen molar-refractivity contribution in [1.29, 1.82) is 0 Å². The number of amides is 2. The Labute approximate surface area is 195 Å². The summed E-state index contributed by atoms with van der Waals surface area (Å²) in [6, 6.07) is 17.3. The molecule has 2 atom stereocenters. The molecule has 0 aromatic heterocycles. The molecule has 1 N–H and O–H groups in total. The van der Waals surface area contributed by atoms with Gasteiger partial charge in [0, 0.05) is 35.5 Å². The maximum Gasteiger partial charge on any atom is 0.243 e. The van der Waals surface area contributed by atoms with Crippen LogP contribution in [0.5, 0.6) is 0 Å². The average molecular weight is 461 g/mol. The molecule has 2 aromatic carbocycles. The van der Waals surface area contributed by atoms with Crippen molar-refractivity contribution in [1.82, 2.24) is 10.2 Å². The van der Waals surface area contributed by atoms with Crippen LogP contribution in [0.3, 0.4) is 0 Å². The number of halogens is 1. The van der Waals surface area contributed by atoms with E-state index >= 15 is 0 Å². The number of benzene rings is 2. The lowest BCUT2D eigenvalue weighted by atomic mass is 10.1. The number of nitrogens with zero attached hydrogens (tertiary/aromatic N) is 1. The Hall–Kier alpha value is -1.98. The van der Waals surface area contributed by atoms with E-state index in [4.69, 9.17) is 11.6 Å². The van der Waals surface area contributed by atoms with Crippen LogP contribution in [0.1, 0.15) is 51.2 Å². The Morgan fingerprint density at radius 3 is 2.29 bits per heavy atom. The largest absolute Gasteiger partial charge is 0.352 e. The Kier molecular flexibility index (Phi) is 11.0. The number of thioether (sulfide) groups is 1. The SMILES string of the molecule is CC[C@H](C(=O)N[C@@H](C)CC)N(Cc1ccc(Cl)cc1)C(=O)CCSCc1ccccc1. The quantitative estimate of drug-likeness (QED) is 0.414. The lowest BCUT2D eigenvalue weighted by Crippen LogP contribution is -2.50. The zero-order chi connectivity index (χ0) is 22.6. The van der Waals surface area contributed by atoms with Crippen molar-refractivity contribution in [3.63, 3.8) is 0 Å². The standard InChI is InChI=1S/C25H33ClN2O2S/c1-4-19(3)27-25(30)23(5-2)28(17-20-11-13-22(26)14-12-20)24(29)15-16-31-18-21-9-7-6-8-10-21/h6-14,19,23H,4-5,15-18H2,1-3H3,(H,27,30)/t19-,23+/m0/s1. The number of hydrogen-bond acceptors (Lipinski definition) is 3. The molecule has 0 aliphatic heterocycles. The van der Waals surface area contributed by atoms with Gasteiger partial charge < -0.3 is 10.2 Å². The second-order valence-corrected chi connectivity index (χ2v) is 9.22. The molecule has 31 heavy (non-hydrogen) atoms. The minimum absolute atomic E-state index is 0.00154. The summed E-state index contributed by atoms with van der Waals surface area (Å²) in [5.74, 6) is 1.50. The predicted molar refractivity (Wildman–Crippen MR) is 131 cm³/mol. The summed E-state index contributed by atoms with van der Waals surface area (Å²) in [7, 11) is 0. The molecule has 6 heteroatoms. The van der Waals surface area contributed by atoms with Crippen LogP contribution in [0, 0.1) is 0 Å². The van der Waals surface area contributed by atoms with Crippen molar-refractivity contribution in [2.75, 3.05) is 5.75 Å². The highest BCUT2D eigenvalue weighted by molar-refractivity contribution is 7.98. The van der Waals surface area contributed by atoms with Gasteiger partial charge in [-0.2, -0.15) is 11.8 Å². The van der Waals surface area contributed by atoms with Crippen molar-refractivity contribution >= 4 is 35.2 Å². The summed E-state index contributed by atoms with van der Waals surface area (Å²) >= 11 is 7.75. The molecule has 0 saturated carbocycles. The average Bonchev–Trinajstić information content (AvgIpc) is 2.78. The molecule has 2 amide bonds. The number of carbonyl (C=O) groups is 2. The van der Waals surface area contributed by atoms with Crippen molar-refractivity contribution in [2.24, 2.45) is 0 Å². The minimum Gasteiger partial charge on any atom is -0.352 e. The molecule has 0 fully saturated rings. The molecule has 4 nitrogen and oxygen atoms in total. The van der Waals surface area contributed by atoms with Crippen molar-refractivity contribution in [3.8, 4) is 0 Å². The number of rotatable bonds is 12. The monoisotopic (exact) mass is 460 g/mol. The fraction of sp³-hybridized carbons (Fsp3) is 0.440. The molecule has 0 radical (unpaired) electrons. The van der Waals surface area contributed by atoms with Crippen LogP contribution in [-0.4, -0.2) is 34.6 Å². The summed E-state index contributed by atoms with van der Waals surface area (Å²) in [5, 5.41) is 3.69. The molecule has 0 aliphatic carbocycles. The minimum atomic E-state index is -0.490. The lowest BCUT2D eigenvalue weighted by Gasteiger charge is -2.31. The van der Waals surface area contributed by atoms with Crippen LogP contribution in [0.2, 0.25) is 5.02 Å². The van der Waals surface area contributed by atoms with E-state index in [0.717, 1.165) is 17.7 Å². The van der Waals surface area contributed by atoms with Gasteiger partial charge >= 0.3 is 0 Å². The van der Waals surface area contributed by atoms with Gasteiger partial charge in [-0.3, -0.25) is 9.59 Å². The smallest absolute Gasteiger partial charge is 0.243 e. The second-order valence-electron chi connectivity index (χ2n) is 7.68. The summed E-state index contributed by atoms with van der Waals surface area (Å²) in [4.78, 5) is 27.8. The van der Waals surface area contributed by atoms with Gasteiger partial charge in [0.1, 0.15) is 6.04 Å². The highest BCUT2D eigenvalue weighted by atomic mass is 35.5. The Bertz CT molecular complexity index is 814. The van der Waals surface area contributed by atoms with Gasteiger partial charge in [0.05, 0.1) is 0 Å². The summed E-state index contributed by atoms with van der Waals surface area (Å²) in [6.45, 7) is 6.36. The van der Waals surface area contributed by atoms with Crippen LogP contribution in [0.25, 0.3) is 0 Å². The first kappa shape index (κ1) is 25.3. The van der Waals surface area contributed by atoms with Gasteiger partial charge in [-0.1, -0.05) is 67.9 Å². The normalized spacial score (nSPS) is 12.8. The van der Waals surface area contributed by atoms with E-state index in [-0.39, 0.29) is 17.9 Å². The highest BCUT2D eigenvalue weighted by Crippen LogP contribution is 2.18. The van der Waals surface area contributed by atoms with Crippen LogP contribution >= 0.6 is 23.4 Å². The number of hydrogen-bond donors (Lipinski definition) is 1. The Balaban J connectivity index is 2.06. The first-order chi connectivity index (χ1) is 14.9. The van der Waals surface area contributed by atoms with Crippen molar-refractivity contribution < 1.29 is 9.59 Å². The summed E-state index contributed by atoms with van der Waals surface area (Å²) in [6.07, 6.45) is 1.82. The topological polar surface area (TPSA) is 49.4 Å². The van der Waals surface area contributed by atoms with Gasteiger partial charge in [-0.05, 0) is 43.0 Å². The molecule has 0 unspecified atom stereocenters. The first-order valence-corrected chi connectivity index (χ1v) is 12.4. The third-order valence-electron chi connectivity index (χ3n) is 5.22. The molecule has 0 heterocycles. The molecule has 0 bridgehead atoms. The zero-order valence-corrected chi connectivity index (χ0v) is 20.2. The van der Waals surface area contributed by atoms with Crippen LogP contribution in [0.4, 0.5) is 0 Å². The van der Waals surface area contributed by atoms with E-state index in [1.807, 2.05) is 63.2 Å². The lowest BCUT2D eigenvalue weighted by molar-refractivity contribution is -0.141. The zero-order valence-electron chi connectivity index (χ0n) is 18.6. The molecule has 2 rings (SSSR count). The van der Waals surface area contributed by atoms with E-state index < -0.39 is 6.04 Å². The van der Waals surface area contributed by atoms with E-state index in [9.17, 15) is 9.59 Å². The van der Waals surface area contributed by atoms with E-state index in [0.29, 0.717) is 30.2 Å². The molecule has 2 aromatic rings. The highest BCUT2D eigenvalue weighted by Gasteiger charge is 2.28. The van der Waals surface area contributed by atoms with Gasteiger partial charge in [0.25, 0.3) is 0 Å². The van der Waals surface area contributed by atoms with Gasteiger partial charge in [0.2, 0.25) is 11.8 Å². The summed E-state index contributed by atoms with van der Waals surface area (Å²) < 4.78 is 0. The Morgan fingerprint density at radius 2 is 1.68 bits per heavy atom. The van der Waals surface area contributed by atoms with E-state index in [1.165, 1.54) is 5.56 Å². The van der Waals surface area contributed by atoms with Crippen LogP contribution in [0.15, 0.2) is 54.6 Å². The van der Waals surface area contributed by atoms with Gasteiger partial charge in [-0.25, -0.2) is 0 Å². The predicted octanol–water partition coefficient (Wildman–Crippen LogP) is 5.69. The molecular formula is C25H33ClN2O2S. The van der Waals surface area contributed by atoms with Crippen molar-refractivity contribution in [3.05, 3.63) is 70.7 Å². The number of nitrogens with one attached hydrogen (secondary N) is 1. The van der Waals surface area contributed by atoms with Gasteiger partial charge in [0.15, 0.2) is 0 Å². The van der Waals surface area contributed by atoms with Crippen molar-refractivity contribution in [2.45, 2.75) is 64.4 Å². The van der Waals surface area contributed by atoms with Gasteiger partial charge in [-0.15, -0.1) is 0 Å². The van der Waals surface area contributed by atoms with E-state index in [1.54, 1.807) is 16.7 Å². The second kappa shape index (κ2) is 13.4. The molecule has 0 aliphatic rings. The van der Waals surface area contributed by atoms with Crippen LogP contribution < -0.4 is 5.32 Å². The molecule has 0 spiro atoms. The molecule has 168 valence electrons. The van der Waals surface area contributed by atoms with Crippen LogP contribution in [-0.2, 0) is 21.9 Å². The maximum absolute atomic E-state index is 13.2. The third-order valence-corrected chi connectivity index (χ3v) is 6.51. The maximum atomic E-state index is 13.2. The first-order valence-electron chi connectivity index (χ1n) is 10.9. The third kappa shape index (κ3) is 8.58. The Morgan fingerprint density at radius 1 is 1.00 bits per heavy atom.